The summed E-state index contributed by atoms with van der Waals surface area (Å²) in [5.41, 5.74) is 0.857. The molecule has 0 heterocycles. The van der Waals surface area contributed by atoms with Crippen LogP contribution in [0.3, 0.4) is 0 Å². The van der Waals surface area contributed by atoms with Crippen molar-refractivity contribution in [1.29, 1.82) is 0 Å². The normalized spacial score (nSPS) is 12.5. The van der Waals surface area contributed by atoms with E-state index in [0.717, 1.165) is 12.0 Å². The molecule has 4 nitrogen and oxygen atoms in total. The van der Waals surface area contributed by atoms with Crippen LogP contribution in [0.25, 0.3) is 6.08 Å². The lowest BCUT2D eigenvalue weighted by Gasteiger charge is -2.13. The Morgan fingerprint density at radius 1 is 1.37 bits per heavy atom. The molecule has 1 unspecified atom stereocenters. The van der Waals surface area contributed by atoms with Gasteiger partial charge in [0.15, 0.2) is 0 Å². The Kier molecular flexibility index (Phi) is 6.68. The highest BCUT2D eigenvalue weighted by Gasteiger charge is 2.06. The van der Waals surface area contributed by atoms with Gasteiger partial charge in [-0.25, -0.2) is 0 Å². The number of aliphatic hydroxyl groups excluding tert-OH is 1. The second-order valence-corrected chi connectivity index (χ2v) is 4.46. The van der Waals surface area contributed by atoms with Crippen molar-refractivity contribution >= 4 is 12.0 Å². The van der Waals surface area contributed by atoms with Gasteiger partial charge in [-0.15, -0.1) is 0 Å². The number of rotatable bonds is 7. The molecule has 1 atom stereocenters. The van der Waals surface area contributed by atoms with Crippen LogP contribution in [-0.4, -0.2) is 29.3 Å². The van der Waals surface area contributed by atoms with Crippen molar-refractivity contribution in [3.63, 3.8) is 0 Å². The molecule has 0 radical (unpaired) electrons. The Morgan fingerprint density at radius 2 is 2.05 bits per heavy atom. The average Bonchev–Trinajstić information content (AvgIpc) is 2.42. The van der Waals surface area contributed by atoms with Gasteiger partial charge in [0, 0.05) is 19.2 Å². The van der Waals surface area contributed by atoms with E-state index in [-0.39, 0.29) is 18.3 Å². The lowest BCUT2D eigenvalue weighted by atomic mass is 10.0. The van der Waals surface area contributed by atoms with E-state index < -0.39 is 0 Å². The maximum absolute atomic E-state index is 11.6. The minimum atomic E-state index is -0.149. The second-order valence-electron chi connectivity index (χ2n) is 4.46. The number of hydrogen-bond donors (Lipinski definition) is 3. The molecule has 0 aliphatic heterocycles. The predicted molar refractivity (Wildman–Crippen MR) is 75.6 cm³/mol. The van der Waals surface area contributed by atoms with E-state index in [1.54, 1.807) is 30.3 Å². The zero-order valence-corrected chi connectivity index (χ0v) is 11.2. The number of carbonyl (C=O) groups excluding carboxylic acids is 1. The minimum Gasteiger partial charge on any atom is -0.508 e. The molecule has 0 fully saturated rings. The van der Waals surface area contributed by atoms with Crippen molar-refractivity contribution in [1.82, 2.24) is 5.32 Å². The summed E-state index contributed by atoms with van der Waals surface area (Å²) in [7, 11) is 0. The first-order valence-electron chi connectivity index (χ1n) is 6.51. The van der Waals surface area contributed by atoms with Gasteiger partial charge in [0.2, 0.25) is 5.91 Å². The highest BCUT2D eigenvalue weighted by atomic mass is 16.3. The summed E-state index contributed by atoms with van der Waals surface area (Å²) in [6, 6.07) is 6.62. The third-order valence-electron chi connectivity index (χ3n) is 3.00. The number of nitrogens with one attached hydrogen (secondary N) is 1. The van der Waals surface area contributed by atoms with Crippen molar-refractivity contribution in [3.8, 4) is 5.75 Å². The number of carbonyl (C=O) groups is 1. The van der Waals surface area contributed by atoms with Gasteiger partial charge in [-0.1, -0.05) is 25.5 Å². The summed E-state index contributed by atoms with van der Waals surface area (Å²) in [6.45, 7) is 2.77. The molecule has 4 heteroatoms. The Balaban J connectivity index is 2.40. The smallest absolute Gasteiger partial charge is 0.244 e. The fraction of sp³-hybridized carbons (Fsp3) is 0.400. The van der Waals surface area contributed by atoms with Crippen molar-refractivity contribution in [3.05, 3.63) is 35.9 Å². The first-order valence-corrected chi connectivity index (χ1v) is 6.51. The molecular formula is C15H21NO3. The molecule has 19 heavy (non-hydrogen) atoms. The number of aliphatic hydroxyl groups is 1. The monoisotopic (exact) mass is 263 g/mol. The first kappa shape index (κ1) is 15.2. The summed E-state index contributed by atoms with van der Waals surface area (Å²) < 4.78 is 0. The lowest BCUT2D eigenvalue weighted by Crippen LogP contribution is -2.28. The molecule has 0 saturated heterocycles. The molecule has 0 aliphatic carbocycles. The molecule has 1 rings (SSSR count). The van der Waals surface area contributed by atoms with E-state index in [2.05, 4.69) is 5.32 Å². The molecule has 1 amide bonds. The Morgan fingerprint density at radius 3 is 2.63 bits per heavy atom. The summed E-state index contributed by atoms with van der Waals surface area (Å²) in [6.07, 6.45) is 4.81. The number of hydrogen-bond acceptors (Lipinski definition) is 3. The van der Waals surface area contributed by atoms with Crippen LogP contribution in [-0.2, 0) is 4.79 Å². The number of amides is 1. The molecule has 0 bridgehead atoms. The van der Waals surface area contributed by atoms with E-state index in [0.29, 0.717) is 18.9 Å². The van der Waals surface area contributed by atoms with Crippen LogP contribution in [0.4, 0.5) is 0 Å². The maximum Gasteiger partial charge on any atom is 0.244 e. The Bertz CT molecular complexity index is 412. The molecule has 0 saturated carbocycles. The highest BCUT2D eigenvalue weighted by molar-refractivity contribution is 5.91. The summed E-state index contributed by atoms with van der Waals surface area (Å²) in [4.78, 5) is 11.6. The number of benzene rings is 1. The molecule has 104 valence electrons. The fourth-order valence-corrected chi connectivity index (χ4v) is 1.69. The Hall–Kier alpha value is -1.81. The molecule has 0 aliphatic rings. The van der Waals surface area contributed by atoms with Crippen molar-refractivity contribution in [2.75, 3.05) is 13.2 Å². The molecule has 1 aromatic rings. The standard InChI is InChI=1S/C15H21NO3/c1-2-12(9-10-17)11-16-15(19)8-5-13-3-6-14(18)7-4-13/h3-8,12,17-18H,2,9-11H2,1H3,(H,16,19). The zero-order valence-electron chi connectivity index (χ0n) is 11.2. The van der Waals surface area contributed by atoms with Crippen LogP contribution in [0.2, 0.25) is 0 Å². The van der Waals surface area contributed by atoms with E-state index in [4.69, 9.17) is 10.2 Å². The van der Waals surface area contributed by atoms with Crippen LogP contribution in [0.15, 0.2) is 30.3 Å². The summed E-state index contributed by atoms with van der Waals surface area (Å²) in [5, 5.41) is 20.8. The summed E-state index contributed by atoms with van der Waals surface area (Å²) >= 11 is 0. The van der Waals surface area contributed by atoms with Crippen molar-refractivity contribution in [2.24, 2.45) is 5.92 Å². The summed E-state index contributed by atoms with van der Waals surface area (Å²) in [5.74, 6) is 0.372. The van der Waals surface area contributed by atoms with Gasteiger partial charge in [-0.2, -0.15) is 0 Å². The van der Waals surface area contributed by atoms with E-state index in [1.807, 2.05) is 6.92 Å². The van der Waals surface area contributed by atoms with Crippen LogP contribution in [0, 0.1) is 5.92 Å². The van der Waals surface area contributed by atoms with E-state index >= 15 is 0 Å². The van der Waals surface area contributed by atoms with Crippen LogP contribution in [0.1, 0.15) is 25.3 Å². The Labute approximate surface area is 113 Å². The fourth-order valence-electron chi connectivity index (χ4n) is 1.69. The molecule has 0 aromatic heterocycles. The lowest BCUT2D eigenvalue weighted by molar-refractivity contribution is -0.116. The topological polar surface area (TPSA) is 69.6 Å². The largest absolute Gasteiger partial charge is 0.508 e. The SMILES string of the molecule is CCC(CCO)CNC(=O)C=Cc1ccc(O)cc1. The van der Waals surface area contributed by atoms with Gasteiger partial charge < -0.3 is 15.5 Å². The minimum absolute atomic E-state index is 0.149. The maximum atomic E-state index is 11.6. The number of phenols is 1. The van der Waals surface area contributed by atoms with Gasteiger partial charge in [0.25, 0.3) is 0 Å². The van der Waals surface area contributed by atoms with Crippen LogP contribution >= 0.6 is 0 Å². The van der Waals surface area contributed by atoms with Gasteiger partial charge in [-0.3, -0.25) is 4.79 Å². The van der Waals surface area contributed by atoms with Gasteiger partial charge in [0.1, 0.15) is 5.75 Å². The predicted octanol–water partition coefficient (Wildman–Crippen LogP) is 1.93. The third-order valence-corrected chi connectivity index (χ3v) is 3.00. The molecule has 0 spiro atoms. The van der Waals surface area contributed by atoms with Gasteiger partial charge in [0.05, 0.1) is 0 Å². The first-order chi connectivity index (χ1) is 9.15. The van der Waals surface area contributed by atoms with Crippen LogP contribution < -0.4 is 5.32 Å². The zero-order chi connectivity index (χ0) is 14.1. The quantitative estimate of drug-likeness (QED) is 0.658. The van der Waals surface area contributed by atoms with Crippen LogP contribution in [0.5, 0.6) is 5.75 Å². The highest BCUT2D eigenvalue weighted by Crippen LogP contribution is 2.10. The average molecular weight is 263 g/mol. The number of aromatic hydroxyl groups is 1. The second kappa shape index (κ2) is 8.32. The number of phenolic OH excluding ortho intramolecular Hbond substituents is 1. The van der Waals surface area contributed by atoms with Crippen molar-refractivity contribution in [2.45, 2.75) is 19.8 Å². The van der Waals surface area contributed by atoms with Gasteiger partial charge >= 0.3 is 0 Å². The molecule has 3 N–H and O–H groups in total. The van der Waals surface area contributed by atoms with E-state index in [1.165, 1.54) is 6.08 Å². The van der Waals surface area contributed by atoms with E-state index in [9.17, 15) is 4.79 Å². The molecule has 1 aromatic carbocycles. The third kappa shape index (κ3) is 6.06. The molecular weight excluding hydrogens is 242 g/mol. The van der Waals surface area contributed by atoms with Gasteiger partial charge in [-0.05, 0) is 36.1 Å². The van der Waals surface area contributed by atoms with Crippen molar-refractivity contribution < 1.29 is 15.0 Å².